The molecule has 2 unspecified atom stereocenters. The fourth-order valence-corrected chi connectivity index (χ4v) is 4.09. The van der Waals surface area contributed by atoms with Crippen LogP contribution in [0.4, 0.5) is 5.69 Å². The molecule has 2 aromatic carbocycles. The second-order valence-corrected chi connectivity index (χ2v) is 6.71. The summed E-state index contributed by atoms with van der Waals surface area (Å²) in [6.07, 6.45) is 1.72. The Morgan fingerprint density at radius 1 is 1.21 bits per heavy atom. The van der Waals surface area contributed by atoms with Crippen LogP contribution in [0.3, 0.4) is 0 Å². The van der Waals surface area contributed by atoms with Gasteiger partial charge in [-0.25, -0.2) is 0 Å². The molecule has 24 heavy (non-hydrogen) atoms. The van der Waals surface area contributed by atoms with Crippen LogP contribution in [-0.2, 0) is 16.7 Å². The van der Waals surface area contributed by atoms with Crippen LogP contribution in [0.25, 0.3) is 0 Å². The molecule has 0 saturated carbocycles. The van der Waals surface area contributed by atoms with Crippen molar-refractivity contribution < 1.29 is 9.66 Å². The minimum absolute atomic E-state index is 0.0440. The highest BCUT2D eigenvalue weighted by Crippen LogP contribution is 2.45. The van der Waals surface area contributed by atoms with Crippen molar-refractivity contribution >= 4 is 5.69 Å². The highest BCUT2D eigenvalue weighted by Gasteiger charge is 2.41. The second kappa shape index (κ2) is 6.00. The first-order valence-corrected chi connectivity index (χ1v) is 8.33. The van der Waals surface area contributed by atoms with Gasteiger partial charge in [0.05, 0.1) is 11.0 Å². The summed E-state index contributed by atoms with van der Waals surface area (Å²) in [6.45, 7) is 2.50. The van der Waals surface area contributed by atoms with Crippen LogP contribution in [0.1, 0.15) is 35.6 Å². The average Bonchev–Trinajstić information content (AvgIpc) is 2.62. The number of nitrogens with one attached hydrogen (secondary N) is 1. The molecule has 2 aliphatic rings. The largest absolute Gasteiger partial charge is 0.373 e. The van der Waals surface area contributed by atoms with E-state index < -0.39 is 0 Å². The van der Waals surface area contributed by atoms with Gasteiger partial charge in [0, 0.05) is 37.2 Å². The van der Waals surface area contributed by atoms with Crippen molar-refractivity contribution in [2.24, 2.45) is 0 Å². The Hall–Kier alpha value is -2.24. The fraction of sp³-hybridized carbons (Fsp3) is 0.368. The van der Waals surface area contributed by atoms with Crippen LogP contribution < -0.4 is 5.32 Å². The summed E-state index contributed by atoms with van der Waals surface area (Å²) in [5, 5.41) is 14.6. The van der Waals surface area contributed by atoms with Crippen molar-refractivity contribution in [1.82, 2.24) is 5.32 Å². The third-order valence-corrected chi connectivity index (χ3v) is 5.30. The summed E-state index contributed by atoms with van der Waals surface area (Å²) in [6, 6.07) is 15.4. The van der Waals surface area contributed by atoms with Gasteiger partial charge in [-0.1, -0.05) is 36.4 Å². The molecule has 0 bridgehead atoms. The zero-order chi connectivity index (χ0) is 16.6. The molecule has 0 aromatic heterocycles. The highest BCUT2D eigenvalue weighted by atomic mass is 16.6. The minimum Gasteiger partial charge on any atom is -0.373 e. The van der Waals surface area contributed by atoms with Crippen LogP contribution >= 0.6 is 0 Å². The first kappa shape index (κ1) is 15.3. The molecule has 1 saturated heterocycles. The number of benzene rings is 2. The van der Waals surface area contributed by atoms with E-state index in [-0.39, 0.29) is 22.1 Å². The van der Waals surface area contributed by atoms with Gasteiger partial charge in [-0.3, -0.25) is 10.1 Å². The van der Waals surface area contributed by atoms with Gasteiger partial charge in [0.2, 0.25) is 0 Å². The molecule has 1 fully saturated rings. The lowest BCUT2D eigenvalue weighted by molar-refractivity contribution is -0.385. The zero-order valence-electron chi connectivity index (χ0n) is 13.4. The van der Waals surface area contributed by atoms with Gasteiger partial charge in [0.15, 0.2) is 0 Å². The molecule has 2 heterocycles. The minimum atomic E-state index is -0.348. The number of hydrogen-bond donors (Lipinski definition) is 1. The molecular formula is C19H20N2O3. The Morgan fingerprint density at radius 2 is 2.08 bits per heavy atom. The number of rotatable bonds is 2. The first-order chi connectivity index (χ1) is 11.7. The molecule has 2 aromatic rings. The van der Waals surface area contributed by atoms with Gasteiger partial charge in [0.25, 0.3) is 5.69 Å². The Labute approximate surface area is 140 Å². The van der Waals surface area contributed by atoms with Gasteiger partial charge in [-0.15, -0.1) is 0 Å². The Morgan fingerprint density at radius 3 is 2.96 bits per heavy atom. The van der Waals surface area contributed by atoms with Crippen molar-refractivity contribution in [2.45, 2.75) is 30.9 Å². The van der Waals surface area contributed by atoms with Crippen LogP contribution in [0.15, 0.2) is 48.5 Å². The van der Waals surface area contributed by atoms with Crippen LogP contribution in [0, 0.1) is 10.1 Å². The summed E-state index contributed by atoms with van der Waals surface area (Å²) >= 11 is 0. The molecule has 2 atom stereocenters. The van der Waals surface area contributed by atoms with E-state index in [1.54, 1.807) is 12.1 Å². The molecule has 1 spiro atoms. The lowest BCUT2D eigenvalue weighted by atomic mass is 9.68. The van der Waals surface area contributed by atoms with E-state index >= 15 is 0 Å². The molecule has 4 rings (SSSR count). The first-order valence-electron chi connectivity index (χ1n) is 8.33. The van der Waals surface area contributed by atoms with Crippen molar-refractivity contribution in [3.05, 3.63) is 75.3 Å². The lowest BCUT2D eigenvalue weighted by Gasteiger charge is -2.45. The van der Waals surface area contributed by atoms with Gasteiger partial charge in [-0.05, 0) is 29.5 Å². The Balaban J connectivity index is 1.68. The van der Waals surface area contributed by atoms with E-state index in [9.17, 15) is 10.1 Å². The fourth-order valence-electron chi connectivity index (χ4n) is 4.09. The molecule has 1 N–H and O–H groups in total. The summed E-state index contributed by atoms with van der Waals surface area (Å²) in [4.78, 5) is 10.7. The summed E-state index contributed by atoms with van der Waals surface area (Å²) in [5.41, 5.74) is 3.82. The predicted molar refractivity (Wildman–Crippen MR) is 90.9 cm³/mol. The Bertz CT molecular complexity index is 777. The van der Waals surface area contributed by atoms with E-state index in [4.69, 9.17) is 4.74 Å². The maximum Gasteiger partial charge on any atom is 0.269 e. The van der Waals surface area contributed by atoms with E-state index in [0.717, 1.165) is 31.5 Å². The Kier molecular flexibility index (Phi) is 3.82. The molecule has 5 nitrogen and oxygen atoms in total. The van der Waals surface area contributed by atoms with Crippen molar-refractivity contribution in [3.8, 4) is 0 Å². The standard InChI is InChI=1S/C19H20N2O3/c22-21(23)16-6-3-5-14(10-16)18-11-19(8-9-24-18)13-20-12-15-4-1-2-7-17(15)19/h1-7,10,18,20H,8-9,11-13H2. The molecule has 0 radical (unpaired) electrons. The zero-order valence-corrected chi connectivity index (χ0v) is 13.4. The maximum absolute atomic E-state index is 11.0. The lowest BCUT2D eigenvalue weighted by Crippen LogP contribution is -2.47. The van der Waals surface area contributed by atoms with E-state index in [1.165, 1.54) is 17.2 Å². The second-order valence-electron chi connectivity index (χ2n) is 6.71. The molecular weight excluding hydrogens is 304 g/mol. The van der Waals surface area contributed by atoms with Gasteiger partial charge >= 0.3 is 0 Å². The number of ether oxygens (including phenoxy) is 1. The van der Waals surface area contributed by atoms with Crippen molar-refractivity contribution in [1.29, 1.82) is 0 Å². The third kappa shape index (κ3) is 2.60. The molecule has 5 heteroatoms. The van der Waals surface area contributed by atoms with Gasteiger partial charge < -0.3 is 10.1 Å². The van der Waals surface area contributed by atoms with Gasteiger partial charge in [0.1, 0.15) is 0 Å². The summed E-state index contributed by atoms with van der Waals surface area (Å²) < 4.78 is 5.99. The van der Waals surface area contributed by atoms with E-state index in [2.05, 4.69) is 29.6 Å². The monoisotopic (exact) mass is 324 g/mol. The maximum atomic E-state index is 11.0. The highest BCUT2D eigenvalue weighted by molar-refractivity contribution is 5.40. The number of nitro groups is 1. The SMILES string of the molecule is O=[N+]([O-])c1cccc(C2CC3(CCO2)CNCc2ccccc23)c1. The van der Waals surface area contributed by atoms with Crippen molar-refractivity contribution in [2.75, 3.05) is 13.2 Å². The number of hydrogen-bond acceptors (Lipinski definition) is 4. The van der Waals surface area contributed by atoms with E-state index in [0.29, 0.717) is 6.61 Å². The number of fused-ring (bicyclic) bond motifs is 2. The number of non-ortho nitro benzene ring substituents is 1. The molecule has 2 aliphatic heterocycles. The topological polar surface area (TPSA) is 64.4 Å². The molecule has 0 amide bonds. The van der Waals surface area contributed by atoms with Crippen LogP contribution in [-0.4, -0.2) is 18.1 Å². The van der Waals surface area contributed by atoms with Crippen molar-refractivity contribution in [3.63, 3.8) is 0 Å². The summed E-state index contributed by atoms with van der Waals surface area (Å²) in [5.74, 6) is 0. The predicted octanol–water partition coefficient (Wildman–Crippen LogP) is 3.49. The smallest absolute Gasteiger partial charge is 0.269 e. The molecule has 0 aliphatic carbocycles. The third-order valence-electron chi connectivity index (χ3n) is 5.30. The van der Waals surface area contributed by atoms with E-state index in [1.807, 2.05) is 6.07 Å². The van der Waals surface area contributed by atoms with Crippen LogP contribution in [0.5, 0.6) is 0 Å². The number of nitrogens with zero attached hydrogens (tertiary/aromatic N) is 1. The normalized spacial score (nSPS) is 26.1. The molecule has 124 valence electrons. The average molecular weight is 324 g/mol. The van der Waals surface area contributed by atoms with Gasteiger partial charge in [-0.2, -0.15) is 0 Å². The quantitative estimate of drug-likeness (QED) is 0.678. The van der Waals surface area contributed by atoms with Crippen LogP contribution in [0.2, 0.25) is 0 Å². The summed E-state index contributed by atoms with van der Waals surface area (Å²) in [7, 11) is 0. The number of nitro benzene ring substituents is 1.